The van der Waals surface area contributed by atoms with Crippen LogP contribution in [0.5, 0.6) is 5.75 Å². The highest BCUT2D eigenvalue weighted by atomic mass is 35.5. The molecule has 0 amide bonds. The zero-order valence-corrected chi connectivity index (χ0v) is 16.3. The van der Waals surface area contributed by atoms with Crippen molar-refractivity contribution in [2.24, 2.45) is 5.73 Å². The molecule has 3 aromatic rings. The quantitative estimate of drug-likeness (QED) is 0.590. The SMILES string of the molecule is Cl.N[C@@H](Cc1ccc(O)cc1Cc1ccccc1)C(=O)OCc1ccccc1. The normalized spacial score (nSPS) is 11.3. The Morgan fingerprint density at radius 3 is 2.14 bits per heavy atom. The number of carbonyl (C=O) groups excluding carboxylic acids is 1. The van der Waals surface area contributed by atoms with Crippen LogP contribution in [0.25, 0.3) is 0 Å². The molecule has 3 aromatic carbocycles. The first-order valence-corrected chi connectivity index (χ1v) is 8.92. The Balaban J connectivity index is 0.00000280. The molecule has 3 rings (SSSR count). The largest absolute Gasteiger partial charge is 0.508 e. The van der Waals surface area contributed by atoms with Crippen molar-refractivity contribution >= 4 is 18.4 Å². The minimum Gasteiger partial charge on any atom is -0.508 e. The second kappa shape index (κ2) is 10.5. The lowest BCUT2D eigenvalue weighted by Gasteiger charge is -2.15. The molecule has 0 saturated heterocycles. The monoisotopic (exact) mass is 397 g/mol. The standard InChI is InChI=1S/C23H23NO3.ClH/c24-22(23(26)27-16-18-9-5-2-6-10-18)15-19-11-12-21(25)14-20(19)13-17-7-3-1-4-8-17;/h1-12,14,22,25H,13,15-16,24H2;1H/t22-;/m0./s1. The molecular formula is C23H24ClNO3. The number of aromatic hydroxyl groups is 1. The van der Waals surface area contributed by atoms with Crippen molar-refractivity contribution in [3.63, 3.8) is 0 Å². The smallest absolute Gasteiger partial charge is 0.323 e. The van der Waals surface area contributed by atoms with Crippen LogP contribution in [-0.2, 0) is 29.0 Å². The Morgan fingerprint density at radius 1 is 0.893 bits per heavy atom. The number of hydrogen-bond donors (Lipinski definition) is 2. The predicted octanol–water partition coefficient (Wildman–Crippen LogP) is 4.02. The molecule has 0 aliphatic carbocycles. The van der Waals surface area contributed by atoms with Gasteiger partial charge in [-0.2, -0.15) is 0 Å². The van der Waals surface area contributed by atoms with Crippen molar-refractivity contribution in [1.82, 2.24) is 0 Å². The second-order valence-electron chi connectivity index (χ2n) is 6.52. The number of carbonyl (C=O) groups is 1. The van der Waals surface area contributed by atoms with E-state index in [4.69, 9.17) is 10.5 Å². The van der Waals surface area contributed by atoms with Crippen LogP contribution < -0.4 is 5.73 Å². The molecule has 5 heteroatoms. The summed E-state index contributed by atoms with van der Waals surface area (Å²) in [6.45, 7) is 0.208. The first-order valence-electron chi connectivity index (χ1n) is 8.92. The van der Waals surface area contributed by atoms with Crippen LogP contribution in [-0.4, -0.2) is 17.1 Å². The highest BCUT2D eigenvalue weighted by Gasteiger charge is 2.18. The lowest BCUT2D eigenvalue weighted by molar-refractivity contribution is -0.146. The van der Waals surface area contributed by atoms with Crippen LogP contribution in [0, 0.1) is 0 Å². The number of ether oxygens (including phenoxy) is 1. The topological polar surface area (TPSA) is 72.5 Å². The number of rotatable bonds is 7. The van der Waals surface area contributed by atoms with Gasteiger partial charge in [0.2, 0.25) is 0 Å². The molecule has 0 aliphatic heterocycles. The van der Waals surface area contributed by atoms with Crippen LogP contribution in [0.3, 0.4) is 0 Å². The summed E-state index contributed by atoms with van der Waals surface area (Å²) in [7, 11) is 0. The lowest BCUT2D eigenvalue weighted by Crippen LogP contribution is -2.34. The summed E-state index contributed by atoms with van der Waals surface area (Å²) in [5.74, 6) is -0.234. The summed E-state index contributed by atoms with van der Waals surface area (Å²) in [4.78, 5) is 12.3. The van der Waals surface area contributed by atoms with E-state index in [1.54, 1.807) is 12.1 Å². The van der Waals surface area contributed by atoms with Crippen molar-refractivity contribution < 1.29 is 14.6 Å². The fraction of sp³-hybridized carbons (Fsp3) is 0.174. The van der Waals surface area contributed by atoms with Crippen LogP contribution in [0.1, 0.15) is 22.3 Å². The van der Waals surface area contributed by atoms with Gasteiger partial charge in [-0.3, -0.25) is 4.79 Å². The minimum atomic E-state index is -0.757. The maximum absolute atomic E-state index is 12.3. The van der Waals surface area contributed by atoms with Crippen molar-refractivity contribution in [3.8, 4) is 5.75 Å². The van der Waals surface area contributed by atoms with E-state index in [-0.39, 0.29) is 24.8 Å². The van der Waals surface area contributed by atoms with Gasteiger partial charge >= 0.3 is 5.97 Å². The highest BCUT2D eigenvalue weighted by Crippen LogP contribution is 2.21. The van der Waals surface area contributed by atoms with Crippen molar-refractivity contribution in [2.75, 3.05) is 0 Å². The van der Waals surface area contributed by atoms with E-state index < -0.39 is 12.0 Å². The Bertz CT molecular complexity index is 885. The first kappa shape index (κ1) is 21.5. The van der Waals surface area contributed by atoms with E-state index >= 15 is 0 Å². The summed E-state index contributed by atoms with van der Waals surface area (Å²) in [6, 6.07) is 23.9. The molecule has 1 atom stereocenters. The number of hydrogen-bond acceptors (Lipinski definition) is 4. The predicted molar refractivity (Wildman–Crippen MR) is 113 cm³/mol. The second-order valence-corrected chi connectivity index (χ2v) is 6.52. The number of esters is 1. The average molecular weight is 398 g/mol. The molecule has 0 saturated carbocycles. The summed E-state index contributed by atoms with van der Waals surface area (Å²) in [5, 5.41) is 9.85. The van der Waals surface area contributed by atoms with Crippen LogP contribution in [0.15, 0.2) is 78.9 Å². The molecular weight excluding hydrogens is 374 g/mol. The molecule has 4 nitrogen and oxygen atoms in total. The number of halogens is 1. The van der Waals surface area contributed by atoms with E-state index in [0.717, 1.165) is 22.3 Å². The third-order valence-corrected chi connectivity index (χ3v) is 4.39. The fourth-order valence-electron chi connectivity index (χ4n) is 2.95. The van der Waals surface area contributed by atoms with E-state index in [1.807, 2.05) is 66.7 Å². The number of nitrogens with two attached hydrogens (primary N) is 1. The van der Waals surface area contributed by atoms with Gasteiger partial charge in [-0.1, -0.05) is 66.7 Å². The van der Waals surface area contributed by atoms with Crippen molar-refractivity contribution in [2.45, 2.75) is 25.5 Å². The van der Waals surface area contributed by atoms with E-state index in [2.05, 4.69) is 0 Å². The molecule has 0 spiro atoms. The third kappa shape index (κ3) is 6.12. The van der Waals surface area contributed by atoms with E-state index in [0.29, 0.717) is 12.8 Å². The molecule has 0 aromatic heterocycles. The Morgan fingerprint density at radius 2 is 1.50 bits per heavy atom. The van der Waals surface area contributed by atoms with E-state index in [9.17, 15) is 9.90 Å². The van der Waals surface area contributed by atoms with Gasteiger partial charge in [-0.05, 0) is 47.2 Å². The Labute approximate surface area is 171 Å². The summed E-state index contributed by atoms with van der Waals surface area (Å²) < 4.78 is 5.33. The molecule has 0 bridgehead atoms. The summed E-state index contributed by atoms with van der Waals surface area (Å²) >= 11 is 0. The Kier molecular flexibility index (Phi) is 8.05. The van der Waals surface area contributed by atoms with Gasteiger partial charge in [-0.15, -0.1) is 12.4 Å². The first-order chi connectivity index (χ1) is 13.1. The average Bonchev–Trinajstić information content (AvgIpc) is 2.69. The number of phenolic OH excluding ortho intramolecular Hbond substituents is 1. The molecule has 28 heavy (non-hydrogen) atoms. The maximum atomic E-state index is 12.3. The van der Waals surface area contributed by atoms with Gasteiger partial charge in [0, 0.05) is 0 Å². The zero-order chi connectivity index (χ0) is 19.1. The summed E-state index contributed by atoms with van der Waals surface area (Å²) in [6.07, 6.45) is 1.02. The lowest BCUT2D eigenvalue weighted by atomic mass is 9.95. The van der Waals surface area contributed by atoms with Crippen LogP contribution in [0.2, 0.25) is 0 Å². The molecule has 0 fully saturated rings. The van der Waals surface area contributed by atoms with Crippen molar-refractivity contribution in [1.29, 1.82) is 0 Å². The molecule has 0 aliphatic rings. The van der Waals surface area contributed by atoms with Gasteiger partial charge in [0.15, 0.2) is 0 Å². The highest BCUT2D eigenvalue weighted by molar-refractivity contribution is 5.85. The van der Waals surface area contributed by atoms with Gasteiger partial charge in [-0.25, -0.2) is 0 Å². The number of phenols is 1. The van der Waals surface area contributed by atoms with Gasteiger partial charge in [0.1, 0.15) is 18.4 Å². The van der Waals surface area contributed by atoms with Gasteiger partial charge < -0.3 is 15.6 Å². The molecule has 146 valence electrons. The van der Waals surface area contributed by atoms with Crippen LogP contribution >= 0.6 is 12.4 Å². The van der Waals surface area contributed by atoms with Gasteiger partial charge in [0.05, 0.1) is 0 Å². The molecule has 0 unspecified atom stereocenters. The molecule has 0 radical (unpaired) electrons. The minimum absolute atomic E-state index is 0. The number of benzene rings is 3. The van der Waals surface area contributed by atoms with E-state index in [1.165, 1.54) is 0 Å². The fourth-order valence-corrected chi connectivity index (χ4v) is 2.95. The zero-order valence-electron chi connectivity index (χ0n) is 15.5. The summed E-state index contributed by atoms with van der Waals surface area (Å²) in [5.41, 5.74) is 10.0. The maximum Gasteiger partial charge on any atom is 0.323 e. The molecule has 0 heterocycles. The van der Waals surface area contributed by atoms with Crippen molar-refractivity contribution in [3.05, 3.63) is 101 Å². The molecule has 3 N–H and O–H groups in total. The Hall–Kier alpha value is -2.82. The van der Waals surface area contributed by atoms with Gasteiger partial charge in [0.25, 0.3) is 0 Å². The van der Waals surface area contributed by atoms with Crippen LogP contribution in [0.4, 0.5) is 0 Å². The third-order valence-electron chi connectivity index (χ3n) is 4.39.